The van der Waals surface area contributed by atoms with E-state index in [2.05, 4.69) is 60.7 Å². The van der Waals surface area contributed by atoms with Crippen molar-refractivity contribution in [1.82, 2.24) is 0 Å². The van der Waals surface area contributed by atoms with Crippen molar-refractivity contribution >= 4 is 43.1 Å². The number of benzene rings is 8. The predicted molar refractivity (Wildman–Crippen MR) is 176 cm³/mol. The van der Waals surface area contributed by atoms with Crippen LogP contribution in [0.25, 0.3) is 76.5 Å². The number of aromatic hydroxyl groups is 2. The summed E-state index contributed by atoms with van der Waals surface area (Å²) in [4.78, 5) is 0. The van der Waals surface area contributed by atoms with E-state index in [1.54, 1.807) is 0 Å². The van der Waals surface area contributed by atoms with Crippen LogP contribution in [0.15, 0.2) is 146 Å². The molecule has 8 aromatic rings. The minimum atomic E-state index is 0.152. The molecule has 0 bridgehead atoms. The number of hydrogen-bond donors (Lipinski definition) is 2. The van der Waals surface area contributed by atoms with Crippen LogP contribution >= 0.6 is 0 Å². The number of phenolic OH excluding ortho intramolecular Hbond substituents is 2. The maximum atomic E-state index is 12.2. The van der Waals surface area contributed by atoms with Gasteiger partial charge >= 0.3 is 0 Å². The van der Waals surface area contributed by atoms with Gasteiger partial charge in [-0.15, -0.1) is 0 Å². The summed E-state index contributed by atoms with van der Waals surface area (Å²) in [6.07, 6.45) is 0. The van der Waals surface area contributed by atoms with Crippen molar-refractivity contribution in [2.24, 2.45) is 0 Å². The standard InChI is InChI=1S/C40H26O2/c41-39-35(25-11-3-1-4-12-25)23-31-19-27-15-7-9-17-29(27)21-33(31)37(39)38-34-22-30-18-10-8-16-28(30)20-32(34)24-36(40(38)42)26-13-5-2-6-14-26/h1-24,41-42H. The molecule has 0 spiro atoms. The number of phenols is 2. The zero-order valence-corrected chi connectivity index (χ0v) is 22.8. The molecule has 2 heteroatoms. The van der Waals surface area contributed by atoms with E-state index < -0.39 is 0 Å². The third-order valence-corrected chi connectivity index (χ3v) is 8.38. The largest absolute Gasteiger partial charge is 0.507 e. The smallest absolute Gasteiger partial charge is 0.132 e. The zero-order chi connectivity index (χ0) is 28.2. The van der Waals surface area contributed by atoms with Crippen molar-refractivity contribution in [3.8, 4) is 44.9 Å². The van der Waals surface area contributed by atoms with E-state index in [-0.39, 0.29) is 11.5 Å². The highest BCUT2D eigenvalue weighted by atomic mass is 16.3. The zero-order valence-electron chi connectivity index (χ0n) is 22.8. The van der Waals surface area contributed by atoms with E-state index in [4.69, 9.17) is 0 Å². The van der Waals surface area contributed by atoms with Gasteiger partial charge in [-0.25, -0.2) is 0 Å². The topological polar surface area (TPSA) is 40.5 Å². The summed E-state index contributed by atoms with van der Waals surface area (Å²) < 4.78 is 0. The molecule has 0 saturated carbocycles. The lowest BCUT2D eigenvalue weighted by Crippen LogP contribution is -1.93. The molecule has 2 N–H and O–H groups in total. The molecular formula is C40H26O2. The SMILES string of the molecule is Oc1c(-c2ccccc2)cc2cc3ccccc3cc2c1-c1c(O)c(-c2ccccc2)cc2cc3ccccc3cc12. The lowest BCUT2D eigenvalue weighted by Gasteiger charge is -2.20. The second-order valence-electron chi connectivity index (χ2n) is 10.9. The fourth-order valence-electron chi connectivity index (χ4n) is 6.34. The Morgan fingerprint density at radius 1 is 0.310 bits per heavy atom. The Bertz CT molecular complexity index is 2140. The summed E-state index contributed by atoms with van der Waals surface area (Å²) in [7, 11) is 0. The molecule has 0 radical (unpaired) electrons. The third-order valence-electron chi connectivity index (χ3n) is 8.38. The number of fused-ring (bicyclic) bond motifs is 4. The van der Waals surface area contributed by atoms with Crippen molar-refractivity contribution in [2.75, 3.05) is 0 Å². The fraction of sp³-hybridized carbons (Fsp3) is 0. The van der Waals surface area contributed by atoms with E-state index in [9.17, 15) is 10.2 Å². The Morgan fingerprint density at radius 3 is 1.02 bits per heavy atom. The molecule has 0 aliphatic heterocycles. The fourth-order valence-corrected chi connectivity index (χ4v) is 6.34. The van der Waals surface area contributed by atoms with Crippen molar-refractivity contribution in [1.29, 1.82) is 0 Å². The molecule has 42 heavy (non-hydrogen) atoms. The van der Waals surface area contributed by atoms with Gasteiger partial charge in [0.15, 0.2) is 0 Å². The van der Waals surface area contributed by atoms with E-state index in [1.165, 1.54) is 0 Å². The summed E-state index contributed by atoms with van der Waals surface area (Å²) >= 11 is 0. The molecule has 0 aliphatic rings. The highest BCUT2D eigenvalue weighted by Gasteiger charge is 2.24. The van der Waals surface area contributed by atoms with Crippen LogP contribution in [0.4, 0.5) is 0 Å². The van der Waals surface area contributed by atoms with Crippen LogP contribution in [0.1, 0.15) is 0 Å². The minimum Gasteiger partial charge on any atom is -0.507 e. The van der Waals surface area contributed by atoms with Crippen molar-refractivity contribution in [3.05, 3.63) is 146 Å². The van der Waals surface area contributed by atoms with Gasteiger partial charge in [0.05, 0.1) is 0 Å². The van der Waals surface area contributed by atoms with Crippen molar-refractivity contribution in [3.63, 3.8) is 0 Å². The van der Waals surface area contributed by atoms with E-state index in [1.807, 2.05) is 84.9 Å². The molecule has 0 aromatic heterocycles. The predicted octanol–water partition coefficient (Wildman–Crippen LogP) is 10.7. The summed E-state index contributed by atoms with van der Waals surface area (Å²) in [6.45, 7) is 0. The maximum absolute atomic E-state index is 12.2. The van der Waals surface area contributed by atoms with Gasteiger partial charge in [0.25, 0.3) is 0 Å². The van der Waals surface area contributed by atoms with Crippen LogP contribution in [0.2, 0.25) is 0 Å². The number of hydrogen-bond acceptors (Lipinski definition) is 2. The second kappa shape index (κ2) is 9.50. The monoisotopic (exact) mass is 538 g/mol. The summed E-state index contributed by atoms with van der Waals surface area (Å²) in [5.74, 6) is 0.304. The van der Waals surface area contributed by atoms with Crippen LogP contribution in [0, 0.1) is 0 Å². The molecule has 0 aliphatic carbocycles. The number of rotatable bonds is 3. The van der Waals surface area contributed by atoms with Crippen LogP contribution in [0.3, 0.4) is 0 Å². The molecule has 0 fully saturated rings. The first-order valence-electron chi connectivity index (χ1n) is 14.1. The van der Waals surface area contributed by atoms with Crippen LogP contribution in [-0.2, 0) is 0 Å². The highest BCUT2D eigenvalue weighted by molar-refractivity contribution is 6.17. The van der Waals surface area contributed by atoms with Gasteiger partial charge in [-0.3, -0.25) is 0 Å². The Hall–Kier alpha value is -5.60. The quantitative estimate of drug-likeness (QED) is 0.220. The second-order valence-corrected chi connectivity index (χ2v) is 10.9. The molecule has 8 aromatic carbocycles. The first-order valence-corrected chi connectivity index (χ1v) is 14.1. The van der Waals surface area contributed by atoms with Crippen LogP contribution in [0.5, 0.6) is 11.5 Å². The normalized spacial score (nSPS) is 11.5. The van der Waals surface area contributed by atoms with Crippen LogP contribution < -0.4 is 0 Å². The summed E-state index contributed by atoms with van der Waals surface area (Å²) in [5.41, 5.74) is 4.55. The van der Waals surface area contributed by atoms with Gasteiger partial charge in [0, 0.05) is 22.3 Å². The molecule has 0 atom stereocenters. The Kier molecular flexibility index (Phi) is 5.48. The molecule has 0 heterocycles. The van der Waals surface area contributed by atoms with Gasteiger partial charge in [-0.1, -0.05) is 109 Å². The molecular weight excluding hydrogens is 512 g/mol. The van der Waals surface area contributed by atoms with E-state index in [0.29, 0.717) is 11.1 Å². The molecule has 198 valence electrons. The van der Waals surface area contributed by atoms with Gasteiger partial charge in [0.2, 0.25) is 0 Å². The Balaban J connectivity index is 1.59. The molecule has 2 nitrogen and oxygen atoms in total. The van der Waals surface area contributed by atoms with Crippen molar-refractivity contribution < 1.29 is 10.2 Å². The summed E-state index contributed by atoms with van der Waals surface area (Å²) in [6, 6.07) is 49.2. The molecule has 0 amide bonds. The third kappa shape index (κ3) is 3.81. The van der Waals surface area contributed by atoms with Gasteiger partial charge in [0.1, 0.15) is 11.5 Å². The van der Waals surface area contributed by atoms with Gasteiger partial charge in [-0.2, -0.15) is 0 Å². The first kappa shape index (κ1) is 24.2. The minimum absolute atomic E-state index is 0.152. The Labute approximate surface area is 243 Å². The summed E-state index contributed by atoms with van der Waals surface area (Å²) in [5, 5.41) is 32.6. The Morgan fingerprint density at radius 2 is 0.643 bits per heavy atom. The van der Waals surface area contributed by atoms with Gasteiger partial charge in [-0.05, 0) is 90.6 Å². The van der Waals surface area contributed by atoms with Crippen LogP contribution in [-0.4, -0.2) is 10.2 Å². The average Bonchev–Trinajstić information content (AvgIpc) is 3.04. The first-order chi connectivity index (χ1) is 20.7. The molecule has 0 saturated heterocycles. The highest BCUT2D eigenvalue weighted by Crippen LogP contribution is 2.52. The van der Waals surface area contributed by atoms with Crippen molar-refractivity contribution in [2.45, 2.75) is 0 Å². The lowest BCUT2D eigenvalue weighted by molar-refractivity contribution is 0.472. The average molecular weight is 539 g/mol. The maximum Gasteiger partial charge on any atom is 0.132 e. The van der Waals surface area contributed by atoms with Gasteiger partial charge < -0.3 is 10.2 Å². The van der Waals surface area contributed by atoms with E-state index >= 15 is 0 Å². The lowest BCUT2D eigenvalue weighted by atomic mass is 9.85. The molecule has 8 rings (SSSR count). The molecule has 0 unspecified atom stereocenters. The van der Waals surface area contributed by atoms with E-state index in [0.717, 1.165) is 65.3 Å².